The number of rotatable bonds is 7. The number of nitriles is 1. The van der Waals surface area contributed by atoms with Gasteiger partial charge >= 0.3 is 0 Å². The average Bonchev–Trinajstić information content (AvgIpc) is 3.14. The van der Waals surface area contributed by atoms with Gasteiger partial charge in [-0.2, -0.15) is 5.26 Å². The molecule has 2 aliphatic heterocycles. The van der Waals surface area contributed by atoms with Crippen molar-refractivity contribution in [2.75, 3.05) is 26.2 Å². The van der Waals surface area contributed by atoms with Gasteiger partial charge in [-0.05, 0) is 42.0 Å². The molecule has 6 nitrogen and oxygen atoms in total. The molecule has 4 rings (SSSR count). The van der Waals surface area contributed by atoms with E-state index < -0.39 is 47.8 Å². The summed E-state index contributed by atoms with van der Waals surface area (Å²) in [5, 5.41) is 30.1. The number of hydrogen-bond donors (Lipinski definition) is 2. The number of halogens is 4. The molecule has 5 atom stereocenters. The molecule has 10 heteroatoms. The van der Waals surface area contributed by atoms with Crippen LogP contribution in [0.4, 0.5) is 8.78 Å². The number of aliphatic hydroxyl groups is 2. The maximum Gasteiger partial charge on any atom is 0.240 e. The Labute approximate surface area is 237 Å². The van der Waals surface area contributed by atoms with Gasteiger partial charge in [0.1, 0.15) is 17.0 Å². The first-order valence-electron chi connectivity index (χ1n) is 13.0. The van der Waals surface area contributed by atoms with E-state index in [0.29, 0.717) is 19.5 Å². The largest absolute Gasteiger partial charge is 0.394 e. The molecular formula is C29H33Cl2F2N3O3. The van der Waals surface area contributed by atoms with Gasteiger partial charge in [0.05, 0.1) is 29.8 Å². The SMILES string of the molecule is CC(C)(C)C[C@@H]1N2CCN(CC[C@H](O)CO)C(=O)[C@H]2[C@H](c2cccc(Cl)c2F)[C@@]1(C#N)c1ccc(Cl)cc1F. The van der Waals surface area contributed by atoms with Crippen LogP contribution in [-0.4, -0.2) is 70.3 Å². The predicted molar refractivity (Wildman–Crippen MR) is 145 cm³/mol. The van der Waals surface area contributed by atoms with Gasteiger partial charge in [-0.15, -0.1) is 0 Å². The van der Waals surface area contributed by atoms with Gasteiger partial charge in [0, 0.05) is 42.2 Å². The number of hydrogen-bond acceptors (Lipinski definition) is 5. The molecule has 0 bridgehead atoms. The summed E-state index contributed by atoms with van der Waals surface area (Å²) in [4.78, 5) is 17.6. The molecule has 2 aliphatic rings. The highest BCUT2D eigenvalue weighted by Crippen LogP contribution is 2.57. The summed E-state index contributed by atoms with van der Waals surface area (Å²) >= 11 is 12.3. The third-order valence-electron chi connectivity index (χ3n) is 7.91. The highest BCUT2D eigenvalue weighted by Gasteiger charge is 2.66. The van der Waals surface area contributed by atoms with Crippen molar-refractivity contribution in [1.82, 2.24) is 9.80 Å². The van der Waals surface area contributed by atoms with E-state index in [4.69, 9.17) is 23.2 Å². The Bertz CT molecular complexity index is 1280. The van der Waals surface area contributed by atoms with Gasteiger partial charge in [-0.25, -0.2) is 8.78 Å². The first kappa shape index (κ1) is 29.7. The number of aliphatic hydroxyl groups excluding tert-OH is 2. The zero-order chi connectivity index (χ0) is 28.7. The Morgan fingerprint density at radius 3 is 2.54 bits per heavy atom. The lowest BCUT2D eigenvalue weighted by molar-refractivity contribution is -0.142. The second kappa shape index (κ2) is 11.3. The summed E-state index contributed by atoms with van der Waals surface area (Å²) in [5.74, 6) is -2.90. The second-order valence-corrected chi connectivity index (χ2v) is 12.5. The van der Waals surface area contributed by atoms with E-state index in [1.165, 1.54) is 24.3 Å². The summed E-state index contributed by atoms with van der Waals surface area (Å²) in [7, 11) is 0. The van der Waals surface area contributed by atoms with Crippen LogP contribution in [0.3, 0.4) is 0 Å². The average molecular weight is 581 g/mol. The van der Waals surface area contributed by atoms with Gasteiger partial charge in [0.2, 0.25) is 5.91 Å². The fourth-order valence-corrected chi connectivity index (χ4v) is 6.59. The molecule has 0 aliphatic carbocycles. The molecule has 2 heterocycles. The number of amides is 1. The Kier molecular flexibility index (Phi) is 8.61. The standard InChI is InChI=1S/C29H33Cl2F2N3O3/c1-28(2,3)14-23-29(16-34,20-8-7-17(30)13-22(20)32)24(19-5-4-6-21(31)25(19)33)26-27(39)35(11-12-36(23)26)10-9-18(38)15-37/h4-8,13,18,23-24,26,37-38H,9-12,14-15H2,1-3H3/t18-,23-,24-,26+,29-/m0/s1. The van der Waals surface area contributed by atoms with Crippen LogP contribution in [0, 0.1) is 28.4 Å². The summed E-state index contributed by atoms with van der Waals surface area (Å²) < 4.78 is 31.6. The Morgan fingerprint density at radius 2 is 1.92 bits per heavy atom. The van der Waals surface area contributed by atoms with Crippen LogP contribution < -0.4 is 0 Å². The van der Waals surface area contributed by atoms with Crippen LogP contribution in [0.5, 0.6) is 0 Å². The van der Waals surface area contributed by atoms with Gasteiger partial charge in [0.25, 0.3) is 0 Å². The molecule has 2 fully saturated rings. The summed E-state index contributed by atoms with van der Waals surface area (Å²) in [6.45, 7) is 6.43. The van der Waals surface area contributed by atoms with Crippen LogP contribution in [0.25, 0.3) is 0 Å². The van der Waals surface area contributed by atoms with Crippen molar-refractivity contribution in [2.24, 2.45) is 5.41 Å². The minimum atomic E-state index is -1.66. The van der Waals surface area contributed by atoms with Crippen LogP contribution in [0.1, 0.15) is 50.7 Å². The van der Waals surface area contributed by atoms with E-state index in [0.717, 1.165) is 6.07 Å². The molecule has 0 unspecified atom stereocenters. The molecule has 0 aromatic heterocycles. The summed E-state index contributed by atoms with van der Waals surface area (Å²) in [5.41, 5.74) is -1.87. The van der Waals surface area contributed by atoms with Gasteiger partial charge in [0.15, 0.2) is 0 Å². The molecule has 0 saturated carbocycles. The van der Waals surface area contributed by atoms with Crippen molar-refractivity contribution >= 4 is 29.1 Å². The monoisotopic (exact) mass is 579 g/mol. The van der Waals surface area contributed by atoms with Crippen molar-refractivity contribution in [3.63, 3.8) is 0 Å². The second-order valence-electron chi connectivity index (χ2n) is 11.6. The van der Waals surface area contributed by atoms with Gasteiger partial charge in [-0.1, -0.05) is 62.2 Å². The number of carbonyl (C=O) groups is 1. The maximum absolute atomic E-state index is 15.8. The number of nitrogens with zero attached hydrogens (tertiary/aromatic N) is 3. The summed E-state index contributed by atoms with van der Waals surface area (Å²) in [6, 6.07) is 9.33. The highest BCUT2D eigenvalue weighted by atomic mass is 35.5. The third-order valence-corrected chi connectivity index (χ3v) is 8.44. The topological polar surface area (TPSA) is 87.8 Å². The first-order chi connectivity index (χ1) is 18.4. The van der Waals surface area contributed by atoms with E-state index in [1.54, 1.807) is 11.0 Å². The molecule has 0 radical (unpaired) electrons. The smallest absolute Gasteiger partial charge is 0.240 e. The third kappa shape index (κ3) is 5.40. The Hall–Kier alpha value is -2.28. The Balaban J connectivity index is 1.98. The van der Waals surface area contributed by atoms with E-state index in [2.05, 4.69) is 6.07 Å². The van der Waals surface area contributed by atoms with Crippen molar-refractivity contribution in [3.8, 4) is 6.07 Å². The molecule has 2 aromatic carbocycles. The minimum Gasteiger partial charge on any atom is -0.394 e. The van der Waals surface area contributed by atoms with Crippen LogP contribution in [0.2, 0.25) is 10.0 Å². The van der Waals surface area contributed by atoms with Crippen molar-refractivity contribution < 1.29 is 23.8 Å². The quantitative estimate of drug-likeness (QED) is 0.487. The number of piperazine rings is 1. The number of fused-ring (bicyclic) bond motifs is 1. The lowest BCUT2D eigenvalue weighted by Crippen LogP contribution is -2.58. The lowest BCUT2D eigenvalue weighted by atomic mass is 9.62. The lowest BCUT2D eigenvalue weighted by Gasteiger charge is -2.42. The fraction of sp³-hybridized carbons (Fsp3) is 0.517. The molecule has 2 saturated heterocycles. The normalized spacial score (nSPS) is 26.4. The Morgan fingerprint density at radius 1 is 1.21 bits per heavy atom. The highest BCUT2D eigenvalue weighted by molar-refractivity contribution is 6.31. The summed E-state index contributed by atoms with van der Waals surface area (Å²) in [6.07, 6.45) is -0.407. The zero-order valence-corrected chi connectivity index (χ0v) is 23.7. The van der Waals surface area contributed by atoms with Crippen LogP contribution in [-0.2, 0) is 10.2 Å². The zero-order valence-electron chi connectivity index (χ0n) is 22.2. The van der Waals surface area contributed by atoms with Crippen molar-refractivity contribution in [1.29, 1.82) is 5.26 Å². The molecule has 0 spiro atoms. The van der Waals surface area contributed by atoms with Crippen molar-refractivity contribution in [2.45, 2.75) is 63.1 Å². The molecular weight excluding hydrogens is 547 g/mol. The first-order valence-corrected chi connectivity index (χ1v) is 13.8. The van der Waals surface area contributed by atoms with Crippen molar-refractivity contribution in [3.05, 3.63) is 69.2 Å². The maximum atomic E-state index is 15.8. The molecule has 2 aromatic rings. The fourth-order valence-electron chi connectivity index (χ4n) is 6.24. The van der Waals surface area contributed by atoms with E-state index >= 15 is 8.78 Å². The molecule has 2 N–H and O–H groups in total. The minimum absolute atomic E-state index is 0.0532. The molecule has 1 amide bonds. The molecule has 210 valence electrons. The molecule has 39 heavy (non-hydrogen) atoms. The predicted octanol–water partition coefficient (Wildman–Crippen LogP) is 4.89. The number of carbonyl (C=O) groups excluding carboxylic acids is 1. The van der Waals surface area contributed by atoms with E-state index in [9.17, 15) is 20.3 Å². The van der Waals surface area contributed by atoms with Crippen LogP contribution in [0.15, 0.2) is 36.4 Å². The van der Waals surface area contributed by atoms with Gasteiger partial charge in [-0.3, -0.25) is 9.69 Å². The van der Waals surface area contributed by atoms with Gasteiger partial charge < -0.3 is 15.1 Å². The van der Waals surface area contributed by atoms with E-state index in [-0.39, 0.29) is 45.5 Å². The van der Waals surface area contributed by atoms with Crippen LogP contribution >= 0.6 is 23.2 Å². The van der Waals surface area contributed by atoms with E-state index in [1.807, 2.05) is 25.7 Å². The number of benzene rings is 2.